The molecule has 0 atom stereocenters. The van der Waals surface area contributed by atoms with Crippen LogP contribution in [-0.2, 0) is 13.2 Å². The molecule has 0 unspecified atom stereocenters. The van der Waals surface area contributed by atoms with Crippen molar-refractivity contribution in [1.82, 2.24) is 5.32 Å². The number of hydrogen-bond acceptors (Lipinski definition) is 3. The van der Waals surface area contributed by atoms with Crippen molar-refractivity contribution in [3.63, 3.8) is 0 Å². The van der Waals surface area contributed by atoms with Crippen LogP contribution >= 0.6 is 0 Å². The van der Waals surface area contributed by atoms with Crippen LogP contribution in [0.4, 0.5) is 4.39 Å². The van der Waals surface area contributed by atoms with E-state index in [0.717, 1.165) is 17.9 Å². The summed E-state index contributed by atoms with van der Waals surface area (Å²) in [5.74, 6) is 1.19. The lowest BCUT2D eigenvalue weighted by Gasteiger charge is -2.08. The Hall–Kier alpha value is -1.81. The molecule has 0 saturated heterocycles. The number of furan rings is 1. The third-order valence-corrected chi connectivity index (χ3v) is 3.50. The number of rotatable bonds is 6. The van der Waals surface area contributed by atoms with Crippen molar-refractivity contribution in [1.29, 1.82) is 0 Å². The number of hydrogen-bond donors (Lipinski definition) is 1. The zero-order valence-corrected chi connectivity index (χ0v) is 11.5. The highest BCUT2D eigenvalue weighted by Gasteiger charge is 2.21. The van der Waals surface area contributed by atoms with E-state index in [1.54, 1.807) is 25.3 Å². The molecule has 0 bridgehead atoms. The Morgan fingerprint density at radius 1 is 1.35 bits per heavy atom. The second-order valence-corrected chi connectivity index (χ2v) is 5.22. The van der Waals surface area contributed by atoms with E-state index in [9.17, 15) is 4.39 Å². The van der Waals surface area contributed by atoms with Crippen LogP contribution in [0.1, 0.15) is 29.7 Å². The predicted molar refractivity (Wildman–Crippen MR) is 74.0 cm³/mol. The van der Waals surface area contributed by atoms with Crippen LogP contribution in [0.2, 0.25) is 0 Å². The Kier molecular flexibility index (Phi) is 3.74. The van der Waals surface area contributed by atoms with Gasteiger partial charge < -0.3 is 14.5 Å². The number of benzene rings is 1. The van der Waals surface area contributed by atoms with Gasteiger partial charge in [0.05, 0.1) is 12.8 Å². The molecule has 1 saturated carbocycles. The number of aryl methyl sites for hydroxylation is 1. The SMILES string of the molecule is Cc1ccc(OCc2ccoc2CNC2CC2)cc1F. The summed E-state index contributed by atoms with van der Waals surface area (Å²) in [5, 5.41) is 3.40. The zero-order chi connectivity index (χ0) is 13.9. The summed E-state index contributed by atoms with van der Waals surface area (Å²) in [6.07, 6.45) is 4.16. The molecule has 0 spiro atoms. The van der Waals surface area contributed by atoms with Crippen LogP contribution in [0.3, 0.4) is 0 Å². The molecule has 106 valence electrons. The van der Waals surface area contributed by atoms with E-state index in [4.69, 9.17) is 9.15 Å². The predicted octanol–water partition coefficient (Wildman–Crippen LogP) is 3.56. The molecular formula is C16H18FNO2. The lowest BCUT2D eigenvalue weighted by molar-refractivity contribution is 0.299. The van der Waals surface area contributed by atoms with Gasteiger partial charge in [-0.15, -0.1) is 0 Å². The van der Waals surface area contributed by atoms with Crippen LogP contribution in [-0.4, -0.2) is 6.04 Å². The molecule has 1 aliphatic carbocycles. The van der Waals surface area contributed by atoms with Gasteiger partial charge in [0.25, 0.3) is 0 Å². The molecule has 3 nitrogen and oxygen atoms in total. The van der Waals surface area contributed by atoms with E-state index in [0.29, 0.717) is 24.0 Å². The van der Waals surface area contributed by atoms with Crippen molar-refractivity contribution >= 4 is 0 Å². The Morgan fingerprint density at radius 3 is 2.95 bits per heavy atom. The van der Waals surface area contributed by atoms with Gasteiger partial charge in [-0.1, -0.05) is 6.07 Å². The third kappa shape index (κ3) is 3.20. The molecule has 0 aliphatic heterocycles. The first-order valence-corrected chi connectivity index (χ1v) is 6.90. The van der Waals surface area contributed by atoms with E-state index in [-0.39, 0.29) is 5.82 Å². The molecule has 20 heavy (non-hydrogen) atoms. The van der Waals surface area contributed by atoms with E-state index in [1.807, 2.05) is 6.07 Å². The maximum atomic E-state index is 13.4. The first kappa shape index (κ1) is 13.2. The second-order valence-electron chi connectivity index (χ2n) is 5.22. The van der Waals surface area contributed by atoms with Crippen molar-refractivity contribution in [2.75, 3.05) is 0 Å². The Morgan fingerprint density at radius 2 is 2.20 bits per heavy atom. The summed E-state index contributed by atoms with van der Waals surface area (Å²) in [6, 6.07) is 7.45. The van der Waals surface area contributed by atoms with Gasteiger partial charge in [0.1, 0.15) is 23.9 Å². The van der Waals surface area contributed by atoms with Gasteiger partial charge >= 0.3 is 0 Å². The lowest BCUT2D eigenvalue weighted by atomic mass is 10.2. The topological polar surface area (TPSA) is 34.4 Å². The van der Waals surface area contributed by atoms with Gasteiger partial charge in [-0.25, -0.2) is 4.39 Å². The minimum absolute atomic E-state index is 0.245. The average Bonchev–Trinajstić information content (AvgIpc) is 3.16. The molecule has 1 aromatic heterocycles. The summed E-state index contributed by atoms with van der Waals surface area (Å²) in [4.78, 5) is 0. The molecule has 0 amide bonds. The van der Waals surface area contributed by atoms with Crippen molar-refractivity contribution < 1.29 is 13.5 Å². The minimum atomic E-state index is -0.245. The van der Waals surface area contributed by atoms with Gasteiger partial charge in [0.15, 0.2) is 0 Å². The highest BCUT2D eigenvalue weighted by molar-refractivity contribution is 5.28. The minimum Gasteiger partial charge on any atom is -0.489 e. The first-order chi connectivity index (χ1) is 9.72. The second kappa shape index (κ2) is 5.67. The molecule has 1 heterocycles. The largest absolute Gasteiger partial charge is 0.489 e. The van der Waals surface area contributed by atoms with Crippen LogP contribution in [0, 0.1) is 12.7 Å². The quantitative estimate of drug-likeness (QED) is 0.875. The number of nitrogens with one attached hydrogen (secondary N) is 1. The average molecular weight is 275 g/mol. The highest BCUT2D eigenvalue weighted by Crippen LogP contribution is 2.21. The first-order valence-electron chi connectivity index (χ1n) is 6.90. The lowest BCUT2D eigenvalue weighted by Crippen LogP contribution is -2.16. The molecule has 1 aromatic carbocycles. The Bertz CT molecular complexity index is 590. The molecule has 2 aromatic rings. The van der Waals surface area contributed by atoms with E-state index < -0.39 is 0 Å². The van der Waals surface area contributed by atoms with Crippen molar-refractivity contribution in [2.24, 2.45) is 0 Å². The summed E-state index contributed by atoms with van der Waals surface area (Å²) in [7, 11) is 0. The fourth-order valence-electron chi connectivity index (χ4n) is 2.00. The molecule has 1 N–H and O–H groups in total. The van der Waals surface area contributed by atoms with Crippen LogP contribution in [0.25, 0.3) is 0 Å². The molecular weight excluding hydrogens is 257 g/mol. The van der Waals surface area contributed by atoms with Crippen LogP contribution in [0.15, 0.2) is 34.9 Å². The summed E-state index contributed by atoms with van der Waals surface area (Å²) in [5.41, 5.74) is 1.62. The van der Waals surface area contributed by atoms with Crippen LogP contribution in [0.5, 0.6) is 5.75 Å². The van der Waals surface area contributed by atoms with Crippen molar-refractivity contribution in [3.05, 3.63) is 53.2 Å². The number of halogens is 1. The zero-order valence-electron chi connectivity index (χ0n) is 11.5. The summed E-state index contributed by atoms with van der Waals surface area (Å²) >= 11 is 0. The van der Waals surface area contributed by atoms with Crippen molar-refractivity contribution in [3.8, 4) is 5.75 Å². The van der Waals surface area contributed by atoms with E-state index >= 15 is 0 Å². The molecule has 3 rings (SSSR count). The van der Waals surface area contributed by atoms with Gasteiger partial charge in [-0.05, 0) is 37.5 Å². The maximum absolute atomic E-state index is 13.4. The third-order valence-electron chi connectivity index (χ3n) is 3.50. The summed E-state index contributed by atoms with van der Waals surface area (Å²) in [6.45, 7) is 2.84. The van der Waals surface area contributed by atoms with Crippen LogP contribution < -0.4 is 10.1 Å². The molecule has 4 heteroatoms. The Labute approximate surface area is 117 Å². The standard InChI is InChI=1S/C16H18FNO2/c1-11-2-5-14(8-15(11)17)20-10-12-6-7-19-16(12)9-18-13-3-4-13/h2,5-8,13,18H,3-4,9-10H2,1H3. The molecule has 1 fully saturated rings. The van der Waals surface area contributed by atoms with Gasteiger partial charge in [-0.2, -0.15) is 0 Å². The summed E-state index contributed by atoms with van der Waals surface area (Å²) < 4.78 is 24.5. The van der Waals surface area contributed by atoms with E-state index in [1.165, 1.54) is 18.9 Å². The maximum Gasteiger partial charge on any atom is 0.129 e. The highest BCUT2D eigenvalue weighted by atomic mass is 19.1. The number of ether oxygens (including phenoxy) is 1. The fraction of sp³-hybridized carbons (Fsp3) is 0.375. The monoisotopic (exact) mass is 275 g/mol. The normalized spacial score (nSPS) is 14.5. The van der Waals surface area contributed by atoms with Crippen molar-refractivity contribution in [2.45, 2.75) is 39.0 Å². The fourth-order valence-corrected chi connectivity index (χ4v) is 2.00. The molecule has 1 aliphatic rings. The van der Waals surface area contributed by atoms with Gasteiger partial charge in [-0.3, -0.25) is 0 Å². The van der Waals surface area contributed by atoms with Gasteiger partial charge in [0, 0.05) is 17.7 Å². The smallest absolute Gasteiger partial charge is 0.129 e. The Balaban J connectivity index is 1.59. The van der Waals surface area contributed by atoms with E-state index in [2.05, 4.69) is 5.32 Å². The van der Waals surface area contributed by atoms with Gasteiger partial charge in [0.2, 0.25) is 0 Å². The molecule has 0 radical (unpaired) electrons.